The number of carbonyl (C=O) groups excluding carboxylic acids is 2. The van der Waals surface area contributed by atoms with Gasteiger partial charge in [-0.1, -0.05) is 30.3 Å². The third-order valence-corrected chi connectivity index (χ3v) is 5.83. The summed E-state index contributed by atoms with van der Waals surface area (Å²) in [7, 11) is 3.42. The van der Waals surface area contributed by atoms with Gasteiger partial charge in [-0.25, -0.2) is 0 Å². The van der Waals surface area contributed by atoms with Gasteiger partial charge in [0.25, 0.3) is 0 Å². The first-order valence-electron chi connectivity index (χ1n) is 10.7. The van der Waals surface area contributed by atoms with Gasteiger partial charge in [0.15, 0.2) is 0 Å². The second-order valence-corrected chi connectivity index (χ2v) is 7.98. The van der Waals surface area contributed by atoms with Gasteiger partial charge in [-0.2, -0.15) is 0 Å². The number of benzene rings is 2. The molecule has 2 aromatic rings. The summed E-state index contributed by atoms with van der Waals surface area (Å²) in [5.41, 5.74) is 10.0. The highest BCUT2D eigenvalue weighted by molar-refractivity contribution is 5.89. The maximum Gasteiger partial charge on any atom is 0.240 e. The van der Waals surface area contributed by atoms with Crippen LogP contribution in [-0.4, -0.2) is 49.5 Å². The van der Waals surface area contributed by atoms with Crippen LogP contribution in [0.1, 0.15) is 35.6 Å². The number of nitrogens with zero attached hydrogens (tertiary/aromatic N) is 1. The number of methoxy groups -OCH3 is 1. The van der Waals surface area contributed by atoms with Gasteiger partial charge in [0.05, 0.1) is 13.2 Å². The molecular weight excluding hydrogens is 390 g/mol. The Kier molecular flexibility index (Phi) is 9.06. The molecule has 6 heteroatoms. The fourth-order valence-corrected chi connectivity index (χ4v) is 3.86. The van der Waals surface area contributed by atoms with E-state index in [1.807, 2.05) is 44.2 Å². The quantitative estimate of drug-likeness (QED) is 0.580. The smallest absolute Gasteiger partial charge is 0.240 e. The minimum Gasteiger partial charge on any atom is -0.497 e. The first-order valence-corrected chi connectivity index (χ1v) is 10.7. The average Bonchev–Trinajstić information content (AvgIpc) is 2.76. The molecule has 2 atom stereocenters. The lowest BCUT2D eigenvalue weighted by atomic mass is 9.95. The SMILES string of the molecule is CN[C@@H](Cc1c(C)cc(OC)cc1C)C(=O)N(CCCc1ccccc1)[C@H](C)C(N)=O. The highest BCUT2D eigenvalue weighted by atomic mass is 16.5. The van der Waals surface area contributed by atoms with Crippen molar-refractivity contribution in [3.63, 3.8) is 0 Å². The van der Waals surface area contributed by atoms with E-state index in [1.165, 1.54) is 5.56 Å². The van der Waals surface area contributed by atoms with Crippen LogP contribution in [0.4, 0.5) is 0 Å². The Hall–Kier alpha value is -2.86. The summed E-state index contributed by atoms with van der Waals surface area (Å²) in [5.74, 6) is 0.187. The molecule has 0 bridgehead atoms. The molecule has 0 heterocycles. The van der Waals surface area contributed by atoms with Crippen molar-refractivity contribution in [3.8, 4) is 5.75 Å². The Bertz CT molecular complexity index is 860. The molecule has 2 aromatic carbocycles. The van der Waals surface area contributed by atoms with Gasteiger partial charge in [-0.15, -0.1) is 0 Å². The lowest BCUT2D eigenvalue weighted by molar-refractivity contribution is -0.140. The highest BCUT2D eigenvalue weighted by Gasteiger charge is 2.30. The summed E-state index contributed by atoms with van der Waals surface area (Å²) in [5, 5.41) is 3.14. The largest absolute Gasteiger partial charge is 0.497 e. The van der Waals surface area contributed by atoms with Crippen molar-refractivity contribution < 1.29 is 14.3 Å². The van der Waals surface area contributed by atoms with Crippen molar-refractivity contribution in [2.24, 2.45) is 5.73 Å². The predicted molar refractivity (Wildman–Crippen MR) is 124 cm³/mol. The number of hydrogen-bond acceptors (Lipinski definition) is 4. The molecule has 0 unspecified atom stereocenters. The summed E-state index contributed by atoms with van der Waals surface area (Å²) in [6.45, 7) is 6.20. The van der Waals surface area contributed by atoms with Crippen molar-refractivity contribution in [2.45, 2.75) is 52.1 Å². The number of likely N-dealkylation sites (N-methyl/N-ethyl adjacent to an activating group) is 1. The zero-order valence-corrected chi connectivity index (χ0v) is 19.3. The number of rotatable bonds is 11. The van der Waals surface area contributed by atoms with Gasteiger partial charge in [0.1, 0.15) is 11.8 Å². The maximum absolute atomic E-state index is 13.4. The van der Waals surface area contributed by atoms with E-state index in [1.54, 1.807) is 26.0 Å². The minimum absolute atomic E-state index is 0.114. The molecule has 0 fully saturated rings. The number of aryl methyl sites for hydroxylation is 3. The number of primary amides is 1. The summed E-state index contributed by atoms with van der Waals surface area (Å²) in [6.07, 6.45) is 2.11. The number of nitrogens with one attached hydrogen (secondary N) is 1. The molecule has 2 rings (SSSR count). The van der Waals surface area contributed by atoms with Crippen molar-refractivity contribution in [2.75, 3.05) is 20.7 Å². The summed E-state index contributed by atoms with van der Waals surface area (Å²) >= 11 is 0. The van der Waals surface area contributed by atoms with Crippen LogP contribution in [0.3, 0.4) is 0 Å². The predicted octanol–water partition coefficient (Wildman–Crippen LogP) is 2.78. The Balaban J connectivity index is 2.17. The Morgan fingerprint density at radius 3 is 2.26 bits per heavy atom. The Labute approximate surface area is 185 Å². The van der Waals surface area contributed by atoms with E-state index in [0.29, 0.717) is 13.0 Å². The van der Waals surface area contributed by atoms with Gasteiger partial charge in [0.2, 0.25) is 11.8 Å². The van der Waals surface area contributed by atoms with Gasteiger partial charge >= 0.3 is 0 Å². The second kappa shape index (κ2) is 11.5. The molecule has 0 saturated heterocycles. The zero-order valence-electron chi connectivity index (χ0n) is 19.3. The molecular formula is C25H35N3O3. The number of nitrogens with two attached hydrogens (primary N) is 1. The average molecular weight is 426 g/mol. The molecule has 168 valence electrons. The summed E-state index contributed by atoms with van der Waals surface area (Å²) < 4.78 is 5.34. The molecule has 0 saturated carbocycles. The normalized spacial score (nSPS) is 12.8. The topological polar surface area (TPSA) is 84.7 Å². The van der Waals surface area contributed by atoms with E-state index in [-0.39, 0.29) is 5.91 Å². The third-order valence-electron chi connectivity index (χ3n) is 5.83. The highest BCUT2D eigenvalue weighted by Crippen LogP contribution is 2.23. The lowest BCUT2D eigenvalue weighted by Gasteiger charge is -2.31. The van der Waals surface area contributed by atoms with E-state index in [9.17, 15) is 9.59 Å². The molecule has 0 aliphatic rings. The molecule has 2 amide bonds. The molecule has 3 N–H and O–H groups in total. The van der Waals surface area contributed by atoms with Gasteiger partial charge < -0.3 is 20.7 Å². The van der Waals surface area contributed by atoms with Crippen LogP contribution in [0, 0.1) is 13.8 Å². The molecule has 6 nitrogen and oxygen atoms in total. The van der Waals surface area contributed by atoms with Crippen LogP contribution in [-0.2, 0) is 22.4 Å². The maximum atomic E-state index is 13.4. The van der Waals surface area contributed by atoms with Crippen molar-refractivity contribution >= 4 is 11.8 Å². The summed E-state index contributed by atoms with van der Waals surface area (Å²) in [4.78, 5) is 27.0. The second-order valence-electron chi connectivity index (χ2n) is 7.98. The molecule has 0 aliphatic heterocycles. The van der Waals surface area contributed by atoms with Crippen LogP contribution in [0.15, 0.2) is 42.5 Å². The Morgan fingerprint density at radius 2 is 1.74 bits per heavy atom. The standard InChI is InChI=1S/C25H35N3O3/c1-17-14-21(31-5)15-18(2)22(17)16-23(27-4)25(30)28(19(3)24(26)29)13-9-12-20-10-7-6-8-11-20/h6-8,10-11,14-15,19,23,27H,9,12-13,16H2,1-5H3,(H2,26,29)/t19-,23+/m1/s1. The van der Waals surface area contributed by atoms with Gasteiger partial charge in [-0.05, 0) is 81.5 Å². The molecule has 0 aliphatic carbocycles. The number of carbonyl (C=O) groups is 2. The fourth-order valence-electron chi connectivity index (χ4n) is 3.86. The molecule has 31 heavy (non-hydrogen) atoms. The fraction of sp³-hybridized carbons (Fsp3) is 0.440. The third kappa shape index (κ3) is 6.56. The van der Waals surface area contributed by atoms with Gasteiger partial charge in [0, 0.05) is 6.54 Å². The first kappa shape index (κ1) is 24.4. The monoisotopic (exact) mass is 425 g/mol. The minimum atomic E-state index is -0.669. The van der Waals surface area contributed by atoms with E-state index in [2.05, 4.69) is 17.4 Å². The first-order chi connectivity index (χ1) is 14.8. The Morgan fingerprint density at radius 1 is 1.13 bits per heavy atom. The number of amides is 2. The zero-order chi connectivity index (χ0) is 23.0. The van der Waals surface area contributed by atoms with E-state index in [0.717, 1.165) is 35.3 Å². The van der Waals surface area contributed by atoms with Gasteiger partial charge in [-0.3, -0.25) is 9.59 Å². The molecule has 0 spiro atoms. The molecule has 0 aromatic heterocycles. The van der Waals surface area contributed by atoms with E-state index < -0.39 is 18.0 Å². The van der Waals surface area contributed by atoms with Crippen LogP contribution in [0.5, 0.6) is 5.75 Å². The molecule has 0 radical (unpaired) electrons. The van der Waals surface area contributed by atoms with Crippen molar-refractivity contribution in [1.82, 2.24) is 10.2 Å². The van der Waals surface area contributed by atoms with Crippen LogP contribution in [0.25, 0.3) is 0 Å². The van der Waals surface area contributed by atoms with Crippen LogP contribution in [0.2, 0.25) is 0 Å². The van der Waals surface area contributed by atoms with Crippen molar-refractivity contribution in [3.05, 3.63) is 64.7 Å². The lowest BCUT2D eigenvalue weighted by Crippen LogP contribution is -2.53. The van der Waals surface area contributed by atoms with Crippen LogP contribution < -0.4 is 15.8 Å². The van der Waals surface area contributed by atoms with E-state index in [4.69, 9.17) is 10.5 Å². The van der Waals surface area contributed by atoms with E-state index >= 15 is 0 Å². The van der Waals surface area contributed by atoms with Crippen molar-refractivity contribution in [1.29, 1.82) is 0 Å². The number of ether oxygens (including phenoxy) is 1. The van der Waals surface area contributed by atoms with Crippen LogP contribution >= 0.6 is 0 Å². The number of hydrogen-bond donors (Lipinski definition) is 2. The summed E-state index contributed by atoms with van der Waals surface area (Å²) in [6, 6.07) is 12.9.